The Bertz CT molecular complexity index is 1380. The maximum absolute atomic E-state index is 13.6. The van der Waals surface area contributed by atoms with Crippen LogP contribution in [0.4, 0.5) is 10.1 Å². The van der Waals surface area contributed by atoms with Gasteiger partial charge in [0.25, 0.3) is 5.89 Å². The minimum absolute atomic E-state index is 0.312. The number of aryl methyl sites for hydroxylation is 1. The second-order valence-corrected chi connectivity index (χ2v) is 8.86. The van der Waals surface area contributed by atoms with Crippen LogP contribution in [0.15, 0.2) is 83.0 Å². The highest BCUT2D eigenvalue weighted by Crippen LogP contribution is 2.39. The van der Waals surface area contributed by atoms with Crippen LogP contribution in [0, 0.1) is 12.7 Å². The second-order valence-electron chi connectivity index (χ2n) is 8.03. The molecule has 2 heterocycles. The van der Waals surface area contributed by atoms with Crippen molar-refractivity contribution in [3.05, 3.63) is 106 Å². The summed E-state index contributed by atoms with van der Waals surface area (Å²) >= 11 is 11.8. The lowest BCUT2D eigenvalue weighted by Gasteiger charge is -2.37. The molecule has 5 rings (SSSR count). The molecule has 1 aromatic heterocycles. The molecule has 4 aromatic rings. The molecule has 0 saturated carbocycles. The Morgan fingerprint density at radius 2 is 1.65 bits per heavy atom. The summed E-state index contributed by atoms with van der Waals surface area (Å²) < 4.78 is 19.4. The highest BCUT2D eigenvalue weighted by Gasteiger charge is 2.34. The van der Waals surface area contributed by atoms with Crippen molar-refractivity contribution in [2.45, 2.75) is 19.9 Å². The molecule has 0 radical (unpaired) electrons. The smallest absolute Gasteiger partial charge is 0.258 e. The van der Waals surface area contributed by atoms with Crippen LogP contribution in [0.2, 0.25) is 5.02 Å². The monoisotopic (exact) mass is 490 g/mol. The van der Waals surface area contributed by atoms with Crippen LogP contribution in [-0.4, -0.2) is 15.3 Å². The zero-order valence-corrected chi connectivity index (χ0v) is 20.0. The van der Waals surface area contributed by atoms with Gasteiger partial charge in [0, 0.05) is 22.0 Å². The standard InChI is InChI=1S/C26H20ClFN4OS/c1-15-3-13-21(14-4-15)32-16(2)22(23(29-26(32)34)17-7-11-20(28)12-8-17)25-30-24(31-33-25)18-5-9-19(27)10-6-18/h3-14,23H,1-2H3,(H,29,34). The van der Waals surface area contributed by atoms with Crippen molar-refractivity contribution < 1.29 is 8.91 Å². The van der Waals surface area contributed by atoms with E-state index in [1.807, 2.05) is 55.1 Å². The Kier molecular flexibility index (Phi) is 5.89. The van der Waals surface area contributed by atoms with Gasteiger partial charge in [0.2, 0.25) is 5.82 Å². The number of allylic oxidation sites excluding steroid dienone is 1. The molecule has 5 nitrogen and oxygen atoms in total. The summed E-state index contributed by atoms with van der Waals surface area (Å²) in [5.41, 5.74) is 5.27. The first kappa shape index (κ1) is 22.3. The Morgan fingerprint density at radius 3 is 2.32 bits per heavy atom. The Labute approximate surface area is 206 Å². The van der Waals surface area contributed by atoms with E-state index in [-0.39, 0.29) is 5.82 Å². The third kappa shape index (κ3) is 4.20. The number of thiocarbonyl (C=S) groups is 1. The van der Waals surface area contributed by atoms with Crippen LogP contribution in [0.3, 0.4) is 0 Å². The number of nitrogens with one attached hydrogen (secondary N) is 1. The fourth-order valence-corrected chi connectivity index (χ4v) is 4.47. The Morgan fingerprint density at radius 1 is 0.971 bits per heavy atom. The van der Waals surface area contributed by atoms with E-state index >= 15 is 0 Å². The molecule has 1 atom stereocenters. The zero-order valence-electron chi connectivity index (χ0n) is 18.4. The lowest BCUT2D eigenvalue weighted by Crippen LogP contribution is -2.46. The molecule has 0 amide bonds. The van der Waals surface area contributed by atoms with Crippen molar-refractivity contribution in [2.75, 3.05) is 4.90 Å². The van der Waals surface area contributed by atoms with Gasteiger partial charge in [-0.15, -0.1) is 0 Å². The number of hydrogen-bond donors (Lipinski definition) is 1. The topological polar surface area (TPSA) is 54.2 Å². The predicted molar refractivity (Wildman–Crippen MR) is 136 cm³/mol. The molecule has 1 N–H and O–H groups in total. The third-order valence-electron chi connectivity index (χ3n) is 5.74. The lowest BCUT2D eigenvalue weighted by molar-refractivity contribution is 0.404. The van der Waals surface area contributed by atoms with Gasteiger partial charge in [-0.05, 0) is 80.2 Å². The highest BCUT2D eigenvalue weighted by atomic mass is 35.5. The van der Waals surface area contributed by atoms with E-state index in [2.05, 4.69) is 15.5 Å². The molecular formula is C26H20ClFN4OS. The number of anilines is 1. The van der Waals surface area contributed by atoms with E-state index < -0.39 is 6.04 Å². The summed E-state index contributed by atoms with van der Waals surface area (Å²) in [5, 5.41) is 8.73. The zero-order chi connectivity index (χ0) is 23.8. The third-order valence-corrected chi connectivity index (χ3v) is 6.29. The number of nitrogens with zero attached hydrogens (tertiary/aromatic N) is 3. The summed E-state index contributed by atoms with van der Waals surface area (Å²) in [6, 6.07) is 21.2. The molecule has 1 unspecified atom stereocenters. The van der Waals surface area contributed by atoms with Gasteiger partial charge in [0.05, 0.1) is 11.6 Å². The molecule has 8 heteroatoms. The fourth-order valence-electron chi connectivity index (χ4n) is 3.98. The maximum Gasteiger partial charge on any atom is 0.258 e. The second kappa shape index (κ2) is 9.00. The van der Waals surface area contributed by atoms with Gasteiger partial charge in [-0.3, -0.25) is 4.90 Å². The van der Waals surface area contributed by atoms with Gasteiger partial charge in [0.1, 0.15) is 5.82 Å². The van der Waals surface area contributed by atoms with E-state index in [1.165, 1.54) is 12.1 Å². The summed E-state index contributed by atoms with van der Waals surface area (Å²) in [6.07, 6.45) is 0. The number of benzene rings is 3. The Balaban J connectivity index is 1.64. The molecule has 3 aromatic carbocycles. The van der Waals surface area contributed by atoms with Crippen molar-refractivity contribution in [1.29, 1.82) is 0 Å². The molecule has 0 bridgehead atoms. The predicted octanol–water partition coefficient (Wildman–Crippen LogP) is 6.70. The van der Waals surface area contributed by atoms with Crippen LogP contribution in [0.5, 0.6) is 0 Å². The number of rotatable bonds is 4. The normalized spacial score (nSPS) is 16.1. The first-order chi connectivity index (χ1) is 16.4. The molecule has 1 aliphatic rings. The van der Waals surface area contributed by atoms with Crippen LogP contribution >= 0.6 is 23.8 Å². The molecular weight excluding hydrogens is 471 g/mol. The first-order valence-electron chi connectivity index (χ1n) is 10.6. The first-order valence-corrected chi connectivity index (χ1v) is 11.4. The van der Waals surface area contributed by atoms with Gasteiger partial charge in [-0.2, -0.15) is 4.98 Å². The van der Waals surface area contributed by atoms with Crippen LogP contribution in [0.25, 0.3) is 17.0 Å². The van der Waals surface area contributed by atoms with E-state index in [9.17, 15) is 4.39 Å². The lowest BCUT2D eigenvalue weighted by atomic mass is 9.94. The van der Waals surface area contributed by atoms with Crippen LogP contribution < -0.4 is 10.2 Å². The quantitative estimate of drug-likeness (QED) is 0.321. The van der Waals surface area contributed by atoms with Gasteiger partial charge >= 0.3 is 0 Å². The SMILES string of the molecule is CC1=C(c2nc(-c3ccc(Cl)cc3)no2)C(c2ccc(F)cc2)NC(=S)N1c1ccc(C)cc1. The summed E-state index contributed by atoms with van der Waals surface area (Å²) in [6.45, 7) is 4.00. The van der Waals surface area contributed by atoms with Crippen LogP contribution in [0.1, 0.15) is 30.0 Å². The fraction of sp³-hybridized carbons (Fsp3) is 0.115. The van der Waals surface area contributed by atoms with Gasteiger partial charge in [-0.25, -0.2) is 4.39 Å². The minimum Gasteiger partial charge on any atom is -0.351 e. The molecule has 0 fully saturated rings. The average Bonchev–Trinajstić information content (AvgIpc) is 3.30. The van der Waals surface area contributed by atoms with Crippen molar-refractivity contribution in [3.8, 4) is 11.4 Å². The summed E-state index contributed by atoms with van der Waals surface area (Å²) in [5.74, 6) is 0.484. The van der Waals surface area contributed by atoms with E-state index in [4.69, 9.17) is 28.3 Å². The average molecular weight is 491 g/mol. The van der Waals surface area contributed by atoms with E-state index in [1.54, 1.807) is 24.3 Å². The van der Waals surface area contributed by atoms with Gasteiger partial charge < -0.3 is 9.84 Å². The molecule has 0 saturated heterocycles. The molecule has 0 aliphatic carbocycles. The van der Waals surface area contributed by atoms with E-state index in [0.29, 0.717) is 21.9 Å². The van der Waals surface area contributed by atoms with Gasteiger partial charge in [-0.1, -0.05) is 46.6 Å². The van der Waals surface area contributed by atoms with Crippen molar-refractivity contribution >= 4 is 40.2 Å². The number of halogens is 2. The molecule has 1 aliphatic heterocycles. The largest absolute Gasteiger partial charge is 0.351 e. The minimum atomic E-state index is -0.395. The molecule has 34 heavy (non-hydrogen) atoms. The highest BCUT2D eigenvalue weighted by molar-refractivity contribution is 7.80. The van der Waals surface area contributed by atoms with Crippen molar-refractivity contribution in [2.24, 2.45) is 0 Å². The summed E-state index contributed by atoms with van der Waals surface area (Å²) in [7, 11) is 0. The van der Waals surface area contributed by atoms with Crippen molar-refractivity contribution in [3.63, 3.8) is 0 Å². The number of hydrogen-bond acceptors (Lipinski definition) is 4. The van der Waals surface area contributed by atoms with E-state index in [0.717, 1.165) is 33.6 Å². The maximum atomic E-state index is 13.6. The summed E-state index contributed by atoms with van der Waals surface area (Å²) in [4.78, 5) is 6.62. The molecule has 170 valence electrons. The Hall–Kier alpha value is -3.55. The van der Waals surface area contributed by atoms with Crippen molar-refractivity contribution in [1.82, 2.24) is 15.5 Å². The molecule has 0 spiro atoms. The number of aromatic nitrogens is 2. The van der Waals surface area contributed by atoms with Gasteiger partial charge in [0.15, 0.2) is 5.11 Å². The van der Waals surface area contributed by atoms with Crippen LogP contribution in [-0.2, 0) is 0 Å².